The maximum absolute atomic E-state index is 12.6. The van der Waals surface area contributed by atoms with Crippen molar-refractivity contribution in [1.82, 2.24) is 30.7 Å². The Morgan fingerprint density at radius 2 is 1.91 bits per heavy atom. The van der Waals surface area contributed by atoms with Gasteiger partial charge in [-0.05, 0) is 31.8 Å². The van der Waals surface area contributed by atoms with Crippen molar-refractivity contribution >= 4 is 5.91 Å². The van der Waals surface area contributed by atoms with E-state index in [1.807, 2.05) is 0 Å². The zero-order valence-corrected chi connectivity index (χ0v) is 14.1. The lowest BCUT2D eigenvalue weighted by atomic mass is 9.95. The van der Waals surface area contributed by atoms with Crippen LogP contribution in [0.5, 0.6) is 0 Å². The van der Waals surface area contributed by atoms with Crippen molar-refractivity contribution < 1.29 is 4.79 Å². The van der Waals surface area contributed by atoms with E-state index < -0.39 is 0 Å². The van der Waals surface area contributed by atoms with Crippen molar-refractivity contribution in [2.45, 2.75) is 45.7 Å². The third-order valence-electron chi connectivity index (χ3n) is 4.85. The van der Waals surface area contributed by atoms with Crippen LogP contribution in [-0.2, 0) is 17.8 Å². The number of carbonyl (C=O) groups is 1. The van der Waals surface area contributed by atoms with Crippen molar-refractivity contribution in [1.29, 1.82) is 0 Å². The third-order valence-corrected chi connectivity index (χ3v) is 4.85. The van der Waals surface area contributed by atoms with Gasteiger partial charge in [-0.3, -0.25) is 4.79 Å². The van der Waals surface area contributed by atoms with Crippen molar-refractivity contribution in [2.75, 3.05) is 26.2 Å². The minimum Gasteiger partial charge on any atom is -0.346 e. The molecule has 3 rings (SSSR count). The molecule has 0 aliphatic carbocycles. The zero-order valence-electron chi connectivity index (χ0n) is 14.1. The fraction of sp³-hybridized carbons (Fsp3) is 0.812. The Morgan fingerprint density at radius 3 is 2.65 bits per heavy atom. The molecular formula is C16H28N6O. The Hall–Kier alpha value is -1.47. The summed E-state index contributed by atoms with van der Waals surface area (Å²) >= 11 is 0. The third kappa shape index (κ3) is 3.72. The number of aromatic nitrogens is 3. The maximum Gasteiger partial charge on any atom is 0.223 e. The van der Waals surface area contributed by atoms with Crippen LogP contribution in [0, 0.1) is 11.8 Å². The quantitative estimate of drug-likeness (QED) is 0.740. The summed E-state index contributed by atoms with van der Waals surface area (Å²) < 4.78 is 2.19. The lowest BCUT2D eigenvalue weighted by Gasteiger charge is -2.27. The highest BCUT2D eigenvalue weighted by Crippen LogP contribution is 2.23. The first-order chi connectivity index (χ1) is 11.2. The van der Waals surface area contributed by atoms with Crippen molar-refractivity contribution in [2.24, 2.45) is 11.8 Å². The summed E-state index contributed by atoms with van der Waals surface area (Å²) in [6.45, 7) is 8.84. The standard InChI is InChI=1S/C16H28N6O/c1-11(2)14(19-16(23)12-3-6-17-7-4-12)15-21-20-13-5-8-18-9-10-22(13)15/h11-12,14,17-18H,3-10H2,1-2H3,(H,19,23)/t14-/m1/s1. The Labute approximate surface area is 137 Å². The molecule has 1 aromatic rings. The highest BCUT2D eigenvalue weighted by molar-refractivity contribution is 5.79. The molecule has 1 atom stereocenters. The molecule has 3 heterocycles. The van der Waals surface area contributed by atoms with Crippen LogP contribution in [0.2, 0.25) is 0 Å². The molecule has 0 unspecified atom stereocenters. The summed E-state index contributed by atoms with van der Waals surface area (Å²) in [5.74, 6) is 2.48. The predicted octanol–water partition coefficient (Wildman–Crippen LogP) is 0.237. The molecule has 7 heteroatoms. The molecule has 0 bridgehead atoms. The van der Waals surface area contributed by atoms with E-state index in [0.29, 0.717) is 0 Å². The molecule has 1 aromatic heterocycles. The van der Waals surface area contributed by atoms with Crippen LogP contribution in [-0.4, -0.2) is 46.9 Å². The number of fused-ring (bicyclic) bond motifs is 1. The molecule has 1 fully saturated rings. The van der Waals surface area contributed by atoms with Gasteiger partial charge in [0, 0.05) is 32.0 Å². The normalized spacial score (nSPS) is 20.8. The van der Waals surface area contributed by atoms with Crippen LogP contribution in [0.4, 0.5) is 0 Å². The Kier molecular flexibility index (Phi) is 5.27. The number of hydrogen-bond donors (Lipinski definition) is 3. The summed E-state index contributed by atoms with van der Waals surface area (Å²) in [6, 6.07) is -0.0725. The Bertz CT molecular complexity index is 535. The molecule has 2 aliphatic heterocycles. The molecule has 0 radical (unpaired) electrons. The van der Waals surface area contributed by atoms with Crippen molar-refractivity contribution in [3.8, 4) is 0 Å². The molecule has 0 saturated carbocycles. The van der Waals surface area contributed by atoms with Gasteiger partial charge < -0.3 is 20.5 Å². The second kappa shape index (κ2) is 7.40. The van der Waals surface area contributed by atoms with Gasteiger partial charge in [-0.25, -0.2) is 0 Å². The van der Waals surface area contributed by atoms with Gasteiger partial charge in [0.15, 0.2) is 5.82 Å². The number of amides is 1. The van der Waals surface area contributed by atoms with Gasteiger partial charge in [0.05, 0.1) is 6.04 Å². The van der Waals surface area contributed by atoms with Gasteiger partial charge in [0.2, 0.25) is 5.91 Å². The molecule has 3 N–H and O–H groups in total. The van der Waals surface area contributed by atoms with E-state index in [1.165, 1.54) is 0 Å². The number of hydrogen-bond acceptors (Lipinski definition) is 5. The molecule has 7 nitrogen and oxygen atoms in total. The van der Waals surface area contributed by atoms with E-state index in [1.54, 1.807) is 0 Å². The minimum absolute atomic E-state index is 0.0725. The van der Waals surface area contributed by atoms with E-state index in [-0.39, 0.29) is 23.8 Å². The van der Waals surface area contributed by atoms with E-state index >= 15 is 0 Å². The second-order valence-corrected chi connectivity index (χ2v) is 6.88. The summed E-state index contributed by atoms with van der Waals surface area (Å²) in [4.78, 5) is 12.6. The topological polar surface area (TPSA) is 83.9 Å². The average molecular weight is 320 g/mol. The van der Waals surface area contributed by atoms with E-state index in [0.717, 1.165) is 63.6 Å². The van der Waals surface area contributed by atoms with Gasteiger partial charge >= 0.3 is 0 Å². The number of piperidine rings is 1. The second-order valence-electron chi connectivity index (χ2n) is 6.88. The summed E-state index contributed by atoms with van der Waals surface area (Å²) in [5, 5.41) is 18.7. The predicted molar refractivity (Wildman–Crippen MR) is 87.9 cm³/mol. The number of rotatable bonds is 4. The smallest absolute Gasteiger partial charge is 0.223 e. The molecule has 0 spiro atoms. The first kappa shape index (κ1) is 16.4. The monoisotopic (exact) mass is 320 g/mol. The summed E-state index contributed by atoms with van der Waals surface area (Å²) in [5.41, 5.74) is 0. The highest BCUT2D eigenvalue weighted by Gasteiger charge is 2.29. The van der Waals surface area contributed by atoms with Gasteiger partial charge in [-0.1, -0.05) is 13.8 Å². The Balaban J connectivity index is 1.76. The number of nitrogens with zero attached hydrogens (tertiary/aromatic N) is 3. The fourth-order valence-electron chi connectivity index (χ4n) is 3.41. The van der Waals surface area contributed by atoms with Gasteiger partial charge in [0.25, 0.3) is 0 Å². The molecule has 23 heavy (non-hydrogen) atoms. The van der Waals surface area contributed by atoms with Gasteiger partial charge in [0.1, 0.15) is 5.82 Å². The van der Waals surface area contributed by atoms with Gasteiger partial charge in [-0.15, -0.1) is 10.2 Å². The summed E-state index contributed by atoms with van der Waals surface area (Å²) in [6.07, 6.45) is 2.72. The Morgan fingerprint density at radius 1 is 1.17 bits per heavy atom. The lowest BCUT2D eigenvalue weighted by Crippen LogP contribution is -2.41. The van der Waals surface area contributed by atoms with Crippen molar-refractivity contribution in [3.05, 3.63) is 11.6 Å². The molecule has 1 saturated heterocycles. The first-order valence-electron chi connectivity index (χ1n) is 8.80. The van der Waals surface area contributed by atoms with Crippen LogP contribution < -0.4 is 16.0 Å². The van der Waals surface area contributed by atoms with Crippen LogP contribution in [0.15, 0.2) is 0 Å². The molecule has 0 aromatic carbocycles. The molecule has 1 amide bonds. The van der Waals surface area contributed by atoms with Crippen LogP contribution in [0.3, 0.4) is 0 Å². The van der Waals surface area contributed by atoms with E-state index in [2.05, 4.69) is 44.6 Å². The highest BCUT2D eigenvalue weighted by atomic mass is 16.2. The summed E-state index contributed by atoms with van der Waals surface area (Å²) in [7, 11) is 0. The molecular weight excluding hydrogens is 292 g/mol. The molecule has 2 aliphatic rings. The maximum atomic E-state index is 12.6. The van der Waals surface area contributed by atoms with Crippen molar-refractivity contribution in [3.63, 3.8) is 0 Å². The first-order valence-corrected chi connectivity index (χ1v) is 8.80. The largest absolute Gasteiger partial charge is 0.346 e. The fourth-order valence-corrected chi connectivity index (χ4v) is 3.41. The van der Waals surface area contributed by atoms with E-state index in [4.69, 9.17) is 0 Å². The number of carbonyl (C=O) groups excluding carboxylic acids is 1. The van der Waals surface area contributed by atoms with Crippen LogP contribution in [0.25, 0.3) is 0 Å². The van der Waals surface area contributed by atoms with E-state index in [9.17, 15) is 4.79 Å². The SMILES string of the molecule is CC(C)[C@@H](NC(=O)C1CCNCC1)c1nnc2n1CCNCC2. The molecule has 128 valence electrons. The van der Waals surface area contributed by atoms with Crippen LogP contribution >= 0.6 is 0 Å². The average Bonchev–Trinajstić information content (AvgIpc) is 2.80. The van der Waals surface area contributed by atoms with Gasteiger partial charge in [-0.2, -0.15) is 0 Å². The zero-order chi connectivity index (χ0) is 16.2. The minimum atomic E-state index is -0.0725. The number of nitrogens with one attached hydrogen (secondary N) is 3. The van der Waals surface area contributed by atoms with Crippen LogP contribution in [0.1, 0.15) is 44.4 Å². The lowest BCUT2D eigenvalue weighted by molar-refractivity contribution is -0.127.